The summed E-state index contributed by atoms with van der Waals surface area (Å²) < 4.78 is 2.06. The van der Waals surface area contributed by atoms with Gasteiger partial charge in [0, 0.05) is 32.0 Å². The van der Waals surface area contributed by atoms with Crippen molar-refractivity contribution in [3.63, 3.8) is 0 Å². The molecule has 1 saturated heterocycles. The van der Waals surface area contributed by atoms with Gasteiger partial charge in [-0.2, -0.15) is 0 Å². The summed E-state index contributed by atoms with van der Waals surface area (Å²) >= 11 is 0. The van der Waals surface area contributed by atoms with Gasteiger partial charge in [0.05, 0.1) is 12.9 Å². The van der Waals surface area contributed by atoms with Gasteiger partial charge in [-0.3, -0.25) is 0 Å². The summed E-state index contributed by atoms with van der Waals surface area (Å²) in [6.45, 7) is 5.79. The van der Waals surface area contributed by atoms with Crippen molar-refractivity contribution in [2.45, 2.75) is 32.9 Å². The Balaban J connectivity index is 1.62. The molecule has 0 saturated carbocycles. The van der Waals surface area contributed by atoms with Gasteiger partial charge in [-0.05, 0) is 29.9 Å². The van der Waals surface area contributed by atoms with E-state index in [1.807, 2.05) is 12.5 Å². The highest BCUT2D eigenvalue weighted by molar-refractivity contribution is 5.78. The SMILES string of the molecule is CC1CCCN(C(N)=NCc2cccc(Cn3ccnc3)c2)C1. The van der Waals surface area contributed by atoms with E-state index in [9.17, 15) is 0 Å². The van der Waals surface area contributed by atoms with Crippen LogP contribution in [-0.2, 0) is 13.1 Å². The fraction of sp³-hybridized carbons (Fsp3) is 0.444. The van der Waals surface area contributed by atoms with Gasteiger partial charge in [0.2, 0.25) is 0 Å². The summed E-state index contributed by atoms with van der Waals surface area (Å²) in [5, 5.41) is 0. The number of nitrogens with zero attached hydrogens (tertiary/aromatic N) is 4. The van der Waals surface area contributed by atoms with Crippen LogP contribution in [0, 0.1) is 5.92 Å². The van der Waals surface area contributed by atoms with Crippen LogP contribution in [0.1, 0.15) is 30.9 Å². The largest absolute Gasteiger partial charge is 0.370 e. The lowest BCUT2D eigenvalue weighted by atomic mass is 10.0. The molecule has 1 atom stereocenters. The zero-order valence-corrected chi connectivity index (χ0v) is 13.7. The maximum atomic E-state index is 6.17. The van der Waals surface area contributed by atoms with Crippen molar-refractivity contribution in [3.05, 3.63) is 54.1 Å². The molecule has 5 nitrogen and oxygen atoms in total. The molecule has 2 N–H and O–H groups in total. The fourth-order valence-electron chi connectivity index (χ4n) is 3.09. The van der Waals surface area contributed by atoms with Crippen molar-refractivity contribution in [1.82, 2.24) is 14.5 Å². The van der Waals surface area contributed by atoms with Crippen LogP contribution < -0.4 is 5.73 Å². The van der Waals surface area contributed by atoms with Crippen molar-refractivity contribution in [3.8, 4) is 0 Å². The number of aromatic nitrogens is 2. The molecule has 0 amide bonds. The number of benzene rings is 1. The van der Waals surface area contributed by atoms with Crippen LogP contribution in [0.15, 0.2) is 48.0 Å². The second-order valence-corrected chi connectivity index (χ2v) is 6.42. The quantitative estimate of drug-likeness (QED) is 0.697. The van der Waals surface area contributed by atoms with Crippen molar-refractivity contribution in [2.75, 3.05) is 13.1 Å². The van der Waals surface area contributed by atoms with Gasteiger partial charge in [0.15, 0.2) is 5.96 Å². The molecule has 5 heteroatoms. The molecule has 0 aliphatic carbocycles. The number of likely N-dealkylation sites (tertiary alicyclic amines) is 1. The lowest BCUT2D eigenvalue weighted by molar-refractivity contribution is 0.270. The molecule has 1 unspecified atom stereocenters. The van der Waals surface area contributed by atoms with Gasteiger partial charge in [-0.15, -0.1) is 0 Å². The second kappa shape index (κ2) is 7.31. The molecule has 2 aromatic rings. The van der Waals surface area contributed by atoms with Crippen LogP contribution in [0.2, 0.25) is 0 Å². The van der Waals surface area contributed by atoms with E-state index in [1.165, 1.54) is 24.0 Å². The van der Waals surface area contributed by atoms with E-state index in [2.05, 4.69) is 50.6 Å². The molecule has 0 radical (unpaired) electrons. The molecule has 1 aliphatic rings. The summed E-state index contributed by atoms with van der Waals surface area (Å²) in [6.07, 6.45) is 8.10. The van der Waals surface area contributed by atoms with Crippen LogP contribution in [0.4, 0.5) is 0 Å². The molecule has 1 fully saturated rings. The van der Waals surface area contributed by atoms with Gasteiger partial charge in [0.25, 0.3) is 0 Å². The molecule has 3 rings (SSSR count). The summed E-state index contributed by atoms with van der Waals surface area (Å²) in [6, 6.07) is 8.50. The molecular formula is C18H25N5. The summed E-state index contributed by atoms with van der Waals surface area (Å²) in [4.78, 5) is 10.9. The van der Waals surface area contributed by atoms with Gasteiger partial charge in [-0.1, -0.05) is 31.2 Å². The minimum Gasteiger partial charge on any atom is -0.370 e. The molecule has 1 aromatic heterocycles. The number of nitrogens with two attached hydrogens (primary N) is 1. The maximum absolute atomic E-state index is 6.17. The summed E-state index contributed by atoms with van der Waals surface area (Å²) in [7, 11) is 0. The second-order valence-electron chi connectivity index (χ2n) is 6.42. The Bertz CT molecular complexity index is 647. The van der Waals surface area contributed by atoms with Gasteiger partial charge >= 0.3 is 0 Å². The smallest absolute Gasteiger partial charge is 0.191 e. The Kier molecular flexibility index (Phi) is 4.95. The molecule has 1 aromatic carbocycles. The van der Waals surface area contributed by atoms with E-state index < -0.39 is 0 Å². The lowest BCUT2D eigenvalue weighted by Crippen LogP contribution is -2.43. The van der Waals surface area contributed by atoms with Gasteiger partial charge in [-0.25, -0.2) is 9.98 Å². The Hall–Kier alpha value is -2.30. The summed E-state index contributed by atoms with van der Waals surface area (Å²) in [5.41, 5.74) is 8.61. The number of aliphatic imine (C=N–C) groups is 1. The molecule has 23 heavy (non-hydrogen) atoms. The third kappa shape index (κ3) is 4.34. The van der Waals surface area contributed by atoms with Gasteiger partial charge < -0.3 is 15.2 Å². The first kappa shape index (κ1) is 15.6. The highest BCUT2D eigenvalue weighted by Gasteiger charge is 2.17. The average molecular weight is 311 g/mol. The third-order valence-electron chi connectivity index (χ3n) is 4.32. The van der Waals surface area contributed by atoms with E-state index in [-0.39, 0.29) is 0 Å². The fourth-order valence-corrected chi connectivity index (χ4v) is 3.09. The van der Waals surface area contributed by atoms with Crippen LogP contribution >= 0.6 is 0 Å². The minimum absolute atomic E-state index is 0.633. The topological polar surface area (TPSA) is 59.4 Å². The average Bonchev–Trinajstić information content (AvgIpc) is 3.06. The Morgan fingerprint density at radius 3 is 3.04 bits per heavy atom. The zero-order chi connectivity index (χ0) is 16.1. The first-order valence-corrected chi connectivity index (χ1v) is 8.29. The molecule has 0 spiro atoms. The predicted octanol–water partition coefficient (Wildman–Crippen LogP) is 2.48. The molecule has 0 bridgehead atoms. The van der Waals surface area contributed by atoms with Gasteiger partial charge in [0.1, 0.15) is 0 Å². The first-order valence-electron chi connectivity index (χ1n) is 8.29. The lowest BCUT2D eigenvalue weighted by Gasteiger charge is -2.31. The van der Waals surface area contributed by atoms with E-state index in [0.29, 0.717) is 18.4 Å². The van der Waals surface area contributed by atoms with Crippen molar-refractivity contribution < 1.29 is 0 Å². The maximum Gasteiger partial charge on any atom is 0.191 e. The van der Waals surface area contributed by atoms with Crippen LogP contribution in [0.5, 0.6) is 0 Å². The predicted molar refractivity (Wildman–Crippen MR) is 93.1 cm³/mol. The first-order chi connectivity index (χ1) is 11.2. The zero-order valence-electron chi connectivity index (χ0n) is 13.7. The monoisotopic (exact) mass is 311 g/mol. The number of rotatable bonds is 4. The number of imidazole rings is 1. The molecule has 122 valence electrons. The number of hydrogen-bond acceptors (Lipinski definition) is 2. The standard InChI is InChI=1S/C18H25N5/c1-15-4-3-8-23(12-15)18(19)21-11-16-5-2-6-17(10-16)13-22-9-7-20-14-22/h2,5-7,9-10,14-15H,3-4,8,11-13H2,1H3,(H2,19,21). The number of hydrogen-bond donors (Lipinski definition) is 1. The van der Waals surface area contributed by atoms with E-state index in [0.717, 1.165) is 19.6 Å². The van der Waals surface area contributed by atoms with Crippen molar-refractivity contribution in [1.29, 1.82) is 0 Å². The molecule has 1 aliphatic heterocycles. The van der Waals surface area contributed by atoms with E-state index in [4.69, 9.17) is 5.73 Å². The Labute approximate surface area is 137 Å². The minimum atomic E-state index is 0.633. The molecule has 2 heterocycles. The van der Waals surface area contributed by atoms with Crippen molar-refractivity contribution >= 4 is 5.96 Å². The van der Waals surface area contributed by atoms with E-state index >= 15 is 0 Å². The van der Waals surface area contributed by atoms with Crippen LogP contribution in [0.3, 0.4) is 0 Å². The Morgan fingerprint density at radius 2 is 2.26 bits per heavy atom. The Morgan fingerprint density at radius 1 is 1.39 bits per heavy atom. The summed E-state index contributed by atoms with van der Waals surface area (Å²) in [5.74, 6) is 1.38. The van der Waals surface area contributed by atoms with Crippen LogP contribution in [-0.4, -0.2) is 33.5 Å². The van der Waals surface area contributed by atoms with Crippen LogP contribution in [0.25, 0.3) is 0 Å². The highest BCUT2D eigenvalue weighted by atomic mass is 15.3. The third-order valence-corrected chi connectivity index (χ3v) is 4.32. The van der Waals surface area contributed by atoms with Crippen molar-refractivity contribution in [2.24, 2.45) is 16.6 Å². The molecular weight excluding hydrogens is 286 g/mol. The number of piperidine rings is 1. The van der Waals surface area contributed by atoms with E-state index in [1.54, 1.807) is 6.20 Å². The normalized spacial score (nSPS) is 19.1. The highest BCUT2D eigenvalue weighted by Crippen LogP contribution is 2.15. The number of guanidine groups is 1.